The van der Waals surface area contributed by atoms with E-state index in [1.165, 1.54) is 7.11 Å². The Hall–Kier alpha value is -0.640. The van der Waals surface area contributed by atoms with Crippen molar-refractivity contribution in [2.24, 2.45) is 5.92 Å². The molecule has 12 heavy (non-hydrogen) atoms. The molecule has 0 aromatic rings. The quantitative estimate of drug-likeness (QED) is 0.641. The SMILES string of the molecule is COC(O)OCC1C=CC=CC1. The number of hydrogen-bond donors (Lipinski definition) is 1. The van der Waals surface area contributed by atoms with Gasteiger partial charge in [0.1, 0.15) is 0 Å². The van der Waals surface area contributed by atoms with Gasteiger partial charge in [0.05, 0.1) is 6.61 Å². The van der Waals surface area contributed by atoms with E-state index in [2.05, 4.69) is 16.9 Å². The van der Waals surface area contributed by atoms with Gasteiger partial charge in [0, 0.05) is 13.0 Å². The molecule has 1 N–H and O–H groups in total. The van der Waals surface area contributed by atoms with E-state index in [1.54, 1.807) is 0 Å². The molecule has 0 aromatic heterocycles. The summed E-state index contributed by atoms with van der Waals surface area (Å²) in [4.78, 5) is 0. The molecule has 0 radical (unpaired) electrons. The lowest BCUT2D eigenvalue weighted by Gasteiger charge is -2.15. The summed E-state index contributed by atoms with van der Waals surface area (Å²) in [7, 11) is 1.40. The van der Waals surface area contributed by atoms with Crippen LogP contribution in [0.1, 0.15) is 6.42 Å². The minimum atomic E-state index is -1.09. The maximum atomic E-state index is 8.90. The Morgan fingerprint density at radius 3 is 3.00 bits per heavy atom. The van der Waals surface area contributed by atoms with Crippen molar-refractivity contribution in [1.29, 1.82) is 0 Å². The topological polar surface area (TPSA) is 38.7 Å². The number of allylic oxidation sites excluding steroid dienone is 3. The lowest BCUT2D eigenvalue weighted by Crippen LogP contribution is -2.18. The summed E-state index contributed by atoms with van der Waals surface area (Å²) in [5.41, 5.74) is 0. The van der Waals surface area contributed by atoms with Crippen LogP contribution in [0.2, 0.25) is 0 Å². The van der Waals surface area contributed by atoms with Gasteiger partial charge in [-0.3, -0.25) is 0 Å². The molecular formula is C9H14O3. The first-order valence-electron chi connectivity index (χ1n) is 3.98. The van der Waals surface area contributed by atoms with E-state index < -0.39 is 6.48 Å². The highest BCUT2D eigenvalue weighted by atomic mass is 16.8. The van der Waals surface area contributed by atoms with Crippen molar-refractivity contribution < 1.29 is 14.6 Å². The van der Waals surface area contributed by atoms with Crippen LogP contribution in [0.3, 0.4) is 0 Å². The maximum absolute atomic E-state index is 8.90. The number of rotatable bonds is 4. The van der Waals surface area contributed by atoms with Crippen LogP contribution in [-0.2, 0) is 9.47 Å². The molecule has 2 unspecified atom stereocenters. The van der Waals surface area contributed by atoms with Gasteiger partial charge in [0.2, 0.25) is 0 Å². The molecule has 0 spiro atoms. The molecule has 68 valence electrons. The van der Waals surface area contributed by atoms with E-state index in [1.807, 2.05) is 12.2 Å². The summed E-state index contributed by atoms with van der Waals surface area (Å²) in [5, 5.41) is 8.90. The summed E-state index contributed by atoms with van der Waals surface area (Å²) >= 11 is 0. The van der Waals surface area contributed by atoms with E-state index in [0.717, 1.165) is 6.42 Å². The van der Waals surface area contributed by atoms with Crippen LogP contribution in [0.15, 0.2) is 24.3 Å². The van der Waals surface area contributed by atoms with E-state index in [9.17, 15) is 0 Å². The van der Waals surface area contributed by atoms with Crippen molar-refractivity contribution in [2.45, 2.75) is 12.9 Å². The van der Waals surface area contributed by atoms with Crippen LogP contribution in [0, 0.1) is 5.92 Å². The predicted octanol–water partition coefficient (Wildman–Crippen LogP) is 1.06. The third-order valence-corrected chi connectivity index (χ3v) is 1.72. The Kier molecular flexibility index (Phi) is 4.00. The van der Waals surface area contributed by atoms with Crippen molar-refractivity contribution in [1.82, 2.24) is 0 Å². The lowest BCUT2D eigenvalue weighted by molar-refractivity contribution is -0.253. The van der Waals surface area contributed by atoms with E-state index in [0.29, 0.717) is 12.5 Å². The fraction of sp³-hybridized carbons (Fsp3) is 0.556. The van der Waals surface area contributed by atoms with Gasteiger partial charge in [0.25, 0.3) is 6.48 Å². The molecule has 2 atom stereocenters. The summed E-state index contributed by atoms with van der Waals surface area (Å²) < 4.78 is 9.51. The molecule has 3 heteroatoms. The van der Waals surface area contributed by atoms with Crippen LogP contribution in [0.5, 0.6) is 0 Å². The molecule has 0 amide bonds. The first-order valence-corrected chi connectivity index (χ1v) is 3.98. The first kappa shape index (κ1) is 9.45. The van der Waals surface area contributed by atoms with Gasteiger partial charge >= 0.3 is 0 Å². The Morgan fingerprint density at radius 2 is 2.42 bits per heavy atom. The van der Waals surface area contributed by atoms with Gasteiger partial charge in [0.15, 0.2) is 0 Å². The zero-order chi connectivity index (χ0) is 8.81. The molecule has 1 aliphatic carbocycles. The fourth-order valence-corrected chi connectivity index (χ4v) is 1.03. The summed E-state index contributed by atoms with van der Waals surface area (Å²) in [6.45, 7) is -0.597. The lowest BCUT2D eigenvalue weighted by atomic mass is 10.0. The molecule has 0 fully saturated rings. The van der Waals surface area contributed by atoms with Crippen LogP contribution >= 0.6 is 0 Å². The second kappa shape index (κ2) is 5.09. The maximum Gasteiger partial charge on any atom is 0.268 e. The molecule has 1 rings (SSSR count). The average Bonchev–Trinajstić information content (AvgIpc) is 2.16. The molecule has 3 nitrogen and oxygen atoms in total. The third-order valence-electron chi connectivity index (χ3n) is 1.72. The molecular weight excluding hydrogens is 156 g/mol. The normalized spacial score (nSPS) is 24.3. The monoisotopic (exact) mass is 170 g/mol. The molecule has 0 bridgehead atoms. The summed E-state index contributed by atoms with van der Waals surface area (Å²) in [5.74, 6) is 0.361. The fourth-order valence-electron chi connectivity index (χ4n) is 1.03. The van der Waals surface area contributed by atoms with Gasteiger partial charge in [-0.05, 0) is 6.42 Å². The Balaban J connectivity index is 2.15. The van der Waals surface area contributed by atoms with Gasteiger partial charge in [-0.25, -0.2) is 0 Å². The van der Waals surface area contributed by atoms with Crippen molar-refractivity contribution >= 4 is 0 Å². The largest absolute Gasteiger partial charge is 0.346 e. The van der Waals surface area contributed by atoms with Crippen LogP contribution in [-0.4, -0.2) is 25.3 Å². The number of methoxy groups -OCH3 is 1. The van der Waals surface area contributed by atoms with E-state index in [-0.39, 0.29) is 0 Å². The highest BCUT2D eigenvalue weighted by Crippen LogP contribution is 2.11. The standard InChI is InChI=1S/C9H14O3/c1-11-9(10)12-7-8-5-3-2-4-6-8/h2-5,8-10H,6-7H2,1H3. The van der Waals surface area contributed by atoms with Crippen molar-refractivity contribution in [2.75, 3.05) is 13.7 Å². The molecule has 0 saturated heterocycles. The number of ether oxygens (including phenoxy) is 2. The second-order valence-corrected chi connectivity index (χ2v) is 2.68. The van der Waals surface area contributed by atoms with Crippen LogP contribution in [0.25, 0.3) is 0 Å². The number of aliphatic hydroxyl groups excluding tert-OH is 1. The smallest absolute Gasteiger partial charge is 0.268 e. The van der Waals surface area contributed by atoms with Crippen molar-refractivity contribution in [3.63, 3.8) is 0 Å². The minimum Gasteiger partial charge on any atom is -0.346 e. The van der Waals surface area contributed by atoms with Crippen LogP contribution in [0.4, 0.5) is 0 Å². The Bertz CT molecular complexity index is 175. The van der Waals surface area contributed by atoms with Crippen molar-refractivity contribution in [3.05, 3.63) is 24.3 Å². The van der Waals surface area contributed by atoms with Gasteiger partial charge in [-0.15, -0.1) is 0 Å². The minimum absolute atomic E-state index is 0.361. The molecule has 1 aliphatic rings. The van der Waals surface area contributed by atoms with E-state index >= 15 is 0 Å². The van der Waals surface area contributed by atoms with Gasteiger partial charge in [-0.1, -0.05) is 24.3 Å². The zero-order valence-corrected chi connectivity index (χ0v) is 7.14. The Labute approximate surface area is 72.3 Å². The molecule has 0 heterocycles. The third kappa shape index (κ3) is 3.17. The van der Waals surface area contributed by atoms with Gasteiger partial charge < -0.3 is 14.6 Å². The molecule has 0 aliphatic heterocycles. The zero-order valence-electron chi connectivity index (χ0n) is 7.14. The van der Waals surface area contributed by atoms with Crippen LogP contribution < -0.4 is 0 Å². The first-order chi connectivity index (χ1) is 5.83. The second-order valence-electron chi connectivity index (χ2n) is 2.68. The summed E-state index contributed by atoms with van der Waals surface area (Å²) in [6.07, 6.45) is 9.09. The number of hydrogen-bond acceptors (Lipinski definition) is 3. The van der Waals surface area contributed by atoms with Gasteiger partial charge in [-0.2, -0.15) is 0 Å². The number of aliphatic hydroxyl groups is 1. The predicted molar refractivity (Wildman–Crippen MR) is 45.4 cm³/mol. The molecule has 0 aromatic carbocycles. The van der Waals surface area contributed by atoms with Crippen molar-refractivity contribution in [3.8, 4) is 0 Å². The summed E-state index contributed by atoms with van der Waals surface area (Å²) in [6, 6.07) is 0. The highest BCUT2D eigenvalue weighted by molar-refractivity contribution is 5.10. The molecule has 0 saturated carbocycles. The van der Waals surface area contributed by atoms with E-state index in [4.69, 9.17) is 9.84 Å². The average molecular weight is 170 g/mol. The Morgan fingerprint density at radius 1 is 1.58 bits per heavy atom. The highest BCUT2D eigenvalue weighted by Gasteiger charge is 2.08.